The molecule has 5 nitrogen and oxygen atoms in total. The molecule has 4 rings (SSSR count). The van der Waals surface area contributed by atoms with Crippen LogP contribution in [0, 0.1) is 23.7 Å². The van der Waals surface area contributed by atoms with E-state index in [1.807, 2.05) is 0 Å². The average Bonchev–Trinajstić information content (AvgIpc) is 3.35. The highest BCUT2D eigenvalue weighted by Crippen LogP contribution is 2.49. The van der Waals surface area contributed by atoms with E-state index < -0.39 is 0 Å². The second kappa shape index (κ2) is 9.53. The second-order valence-electron chi connectivity index (χ2n) is 9.68. The van der Waals surface area contributed by atoms with Crippen LogP contribution in [0.15, 0.2) is 28.2 Å². The first-order valence-electron chi connectivity index (χ1n) is 11.4. The van der Waals surface area contributed by atoms with Gasteiger partial charge in [-0.25, -0.2) is 4.98 Å². The van der Waals surface area contributed by atoms with Gasteiger partial charge in [0.2, 0.25) is 5.91 Å². The van der Waals surface area contributed by atoms with E-state index in [0.29, 0.717) is 39.5 Å². The first-order valence-corrected chi connectivity index (χ1v) is 12.8. The Morgan fingerprint density at radius 2 is 2.10 bits per heavy atom. The van der Waals surface area contributed by atoms with Gasteiger partial charge >= 0.3 is 0 Å². The lowest BCUT2D eigenvalue weighted by molar-refractivity contribution is -0.119. The lowest BCUT2D eigenvalue weighted by Gasteiger charge is -2.28. The van der Waals surface area contributed by atoms with Crippen LogP contribution >= 0.6 is 23.4 Å². The molecule has 2 aromatic rings. The summed E-state index contributed by atoms with van der Waals surface area (Å²) in [5.41, 5.74) is 0.511. The smallest absolute Gasteiger partial charge is 0.262 e. The van der Waals surface area contributed by atoms with Crippen LogP contribution in [-0.2, 0) is 11.3 Å². The number of nitrogens with one attached hydrogen (secondary N) is 1. The number of fused-ring (bicyclic) bond motifs is 3. The van der Waals surface area contributed by atoms with Crippen molar-refractivity contribution in [3.8, 4) is 0 Å². The molecule has 2 aliphatic rings. The molecule has 2 aliphatic carbocycles. The molecule has 2 bridgehead atoms. The highest BCUT2D eigenvalue weighted by atomic mass is 35.5. The van der Waals surface area contributed by atoms with E-state index in [1.165, 1.54) is 37.4 Å². The summed E-state index contributed by atoms with van der Waals surface area (Å²) in [6.45, 7) is 7.00. The summed E-state index contributed by atoms with van der Waals surface area (Å²) in [4.78, 5) is 30.5. The Bertz CT molecular complexity index is 1020. The predicted molar refractivity (Wildman–Crippen MR) is 128 cm³/mol. The Kier molecular flexibility index (Phi) is 6.97. The van der Waals surface area contributed by atoms with Crippen LogP contribution in [-0.4, -0.2) is 27.3 Å². The molecule has 2 fully saturated rings. The molecule has 1 aromatic carbocycles. The van der Waals surface area contributed by atoms with Gasteiger partial charge in [-0.1, -0.05) is 43.6 Å². The summed E-state index contributed by atoms with van der Waals surface area (Å²) in [5.74, 6) is 2.99. The van der Waals surface area contributed by atoms with Crippen molar-refractivity contribution in [3.05, 3.63) is 33.6 Å². The quantitative estimate of drug-likeness (QED) is 0.437. The molecule has 2 saturated carbocycles. The molecular weight excluding hydrogens is 430 g/mol. The molecular formula is C24H32ClN3O2S. The zero-order valence-corrected chi connectivity index (χ0v) is 20.1. The number of thioether (sulfide) groups is 1. The average molecular weight is 462 g/mol. The van der Waals surface area contributed by atoms with Crippen LogP contribution in [0.2, 0.25) is 5.02 Å². The summed E-state index contributed by atoms with van der Waals surface area (Å²) < 4.78 is 1.72. The highest BCUT2D eigenvalue weighted by Gasteiger charge is 2.42. The maximum atomic E-state index is 13.1. The summed E-state index contributed by atoms with van der Waals surface area (Å²) in [7, 11) is 0. The number of rotatable bonds is 8. The van der Waals surface area contributed by atoms with Crippen molar-refractivity contribution < 1.29 is 4.79 Å². The van der Waals surface area contributed by atoms with Crippen molar-refractivity contribution in [2.24, 2.45) is 23.7 Å². The Balaban J connectivity index is 1.47. The number of halogens is 1. The summed E-state index contributed by atoms with van der Waals surface area (Å²) in [6, 6.07) is 5.37. The van der Waals surface area contributed by atoms with Crippen LogP contribution in [0.1, 0.15) is 52.9 Å². The normalized spacial score (nSPS) is 23.6. The van der Waals surface area contributed by atoms with Crippen LogP contribution in [0.3, 0.4) is 0 Å². The van der Waals surface area contributed by atoms with E-state index in [1.54, 1.807) is 22.8 Å². The second-order valence-corrected chi connectivity index (χ2v) is 11.1. The maximum absolute atomic E-state index is 13.1. The Labute approximate surface area is 193 Å². The van der Waals surface area contributed by atoms with E-state index in [2.05, 4.69) is 26.1 Å². The zero-order valence-electron chi connectivity index (χ0n) is 18.6. The van der Waals surface area contributed by atoms with Crippen molar-refractivity contribution in [1.82, 2.24) is 14.9 Å². The SMILES string of the molecule is CC(C)CCn1c(SCC(=O)N[C@H](C)[C@H]2C[C@@H]3CC[C@@H]2C3)nc2cc(Cl)ccc2c1=O. The number of carbonyl (C=O) groups excluding carboxylic acids is 1. The molecule has 0 saturated heterocycles. The number of amides is 1. The van der Waals surface area contributed by atoms with Gasteiger partial charge in [0.25, 0.3) is 5.56 Å². The summed E-state index contributed by atoms with van der Waals surface area (Å²) in [5, 5.41) is 4.91. The number of benzene rings is 1. The van der Waals surface area contributed by atoms with Crippen molar-refractivity contribution in [2.45, 2.75) is 70.6 Å². The van der Waals surface area contributed by atoms with Crippen molar-refractivity contribution in [3.63, 3.8) is 0 Å². The number of nitrogens with zero attached hydrogens (tertiary/aromatic N) is 2. The van der Waals surface area contributed by atoms with E-state index >= 15 is 0 Å². The third-order valence-electron chi connectivity index (χ3n) is 6.97. The van der Waals surface area contributed by atoms with Gasteiger partial charge < -0.3 is 5.32 Å². The fourth-order valence-electron chi connectivity index (χ4n) is 5.31. The minimum absolute atomic E-state index is 0.0103. The van der Waals surface area contributed by atoms with Gasteiger partial charge in [0.05, 0.1) is 16.7 Å². The summed E-state index contributed by atoms with van der Waals surface area (Å²) in [6.07, 6.45) is 6.15. The van der Waals surface area contributed by atoms with Gasteiger partial charge in [-0.05, 0) is 74.5 Å². The fraction of sp³-hybridized carbons (Fsp3) is 0.625. The number of carbonyl (C=O) groups is 1. The van der Waals surface area contributed by atoms with Gasteiger partial charge in [-0.15, -0.1) is 0 Å². The fourth-order valence-corrected chi connectivity index (χ4v) is 6.31. The van der Waals surface area contributed by atoms with Gasteiger partial charge in [-0.3, -0.25) is 14.2 Å². The lowest BCUT2D eigenvalue weighted by Crippen LogP contribution is -2.41. The van der Waals surface area contributed by atoms with Gasteiger partial charge in [0.1, 0.15) is 0 Å². The zero-order chi connectivity index (χ0) is 22.1. The molecule has 7 heteroatoms. The Hall–Kier alpha value is -1.53. The first-order chi connectivity index (χ1) is 14.8. The minimum atomic E-state index is -0.0689. The molecule has 31 heavy (non-hydrogen) atoms. The topological polar surface area (TPSA) is 64.0 Å². The number of aromatic nitrogens is 2. The van der Waals surface area contributed by atoms with E-state index in [0.717, 1.165) is 18.3 Å². The standard InChI is InChI=1S/C24H32ClN3O2S/c1-14(2)8-9-28-23(30)19-7-6-18(25)12-21(19)27-24(28)31-13-22(29)26-15(3)20-11-16-4-5-17(20)10-16/h6-7,12,14-17,20H,4-5,8-11,13H2,1-3H3,(H,26,29)/t15-,16-,17-,20-/m1/s1. The minimum Gasteiger partial charge on any atom is -0.353 e. The molecule has 4 atom stereocenters. The lowest BCUT2D eigenvalue weighted by atomic mass is 9.84. The number of hydrogen-bond donors (Lipinski definition) is 1. The van der Waals surface area contributed by atoms with E-state index in [-0.39, 0.29) is 23.3 Å². The molecule has 0 unspecified atom stereocenters. The van der Waals surface area contributed by atoms with Crippen LogP contribution in [0.5, 0.6) is 0 Å². The summed E-state index contributed by atoms with van der Waals surface area (Å²) >= 11 is 7.46. The predicted octanol–water partition coefficient (Wildman–Crippen LogP) is 5.13. The molecule has 168 valence electrons. The first kappa shape index (κ1) is 22.7. The van der Waals surface area contributed by atoms with Crippen LogP contribution in [0.25, 0.3) is 10.9 Å². The number of hydrogen-bond acceptors (Lipinski definition) is 4. The molecule has 1 N–H and O–H groups in total. The maximum Gasteiger partial charge on any atom is 0.262 e. The van der Waals surface area contributed by atoms with E-state index in [4.69, 9.17) is 16.6 Å². The third kappa shape index (κ3) is 5.11. The Morgan fingerprint density at radius 3 is 2.77 bits per heavy atom. The van der Waals surface area contributed by atoms with Gasteiger partial charge in [0.15, 0.2) is 5.16 Å². The molecule has 1 amide bonds. The highest BCUT2D eigenvalue weighted by molar-refractivity contribution is 7.99. The van der Waals surface area contributed by atoms with Gasteiger partial charge in [-0.2, -0.15) is 0 Å². The largest absolute Gasteiger partial charge is 0.353 e. The molecule has 1 heterocycles. The van der Waals surface area contributed by atoms with Crippen molar-refractivity contribution in [1.29, 1.82) is 0 Å². The van der Waals surface area contributed by atoms with Crippen LogP contribution in [0.4, 0.5) is 0 Å². The monoisotopic (exact) mass is 461 g/mol. The molecule has 0 radical (unpaired) electrons. The van der Waals surface area contributed by atoms with E-state index in [9.17, 15) is 9.59 Å². The Morgan fingerprint density at radius 1 is 1.29 bits per heavy atom. The molecule has 1 aromatic heterocycles. The van der Waals surface area contributed by atoms with Crippen LogP contribution < -0.4 is 10.9 Å². The molecule has 0 aliphatic heterocycles. The van der Waals surface area contributed by atoms with Gasteiger partial charge in [0, 0.05) is 17.6 Å². The molecule has 0 spiro atoms. The van der Waals surface area contributed by atoms with Crippen molar-refractivity contribution >= 4 is 40.2 Å². The van der Waals surface area contributed by atoms with Crippen molar-refractivity contribution in [2.75, 3.05) is 5.75 Å². The third-order valence-corrected chi connectivity index (χ3v) is 8.18.